The molecule has 5 nitrogen and oxygen atoms in total. The predicted molar refractivity (Wildman–Crippen MR) is 100 cm³/mol. The first-order valence-corrected chi connectivity index (χ1v) is 11.3. The molecule has 1 unspecified atom stereocenters. The molecule has 6 heteroatoms. The maximum absolute atomic E-state index is 10.9. The molecule has 2 aromatic rings. The Labute approximate surface area is 148 Å². The molecule has 25 heavy (non-hydrogen) atoms. The number of nitrogens with zero attached hydrogens (tertiary/aromatic N) is 2. The van der Waals surface area contributed by atoms with E-state index in [2.05, 4.69) is 6.07 Å². The third kappa shape index (κ3) is 4.86. The highest BCUT2D eigenvalue weighted by atomic mass is 28.4. The quantitative estimate of drug-likeness (QED) is 0.422. The largest absolute Gasteiger partial charge is 0.394 e. The van der Waals surface area contributed by atoms with Crippen LogP contribution in [-0.4, -0.2) is 13.2 Å². The van der Waals surface area contributed by atoms with Crippen molar-refractivity contribution in [2.45, 2.75) is 25.2 Å². The highest BCUT2D eigenvalue weighted by molar-refractivity contribution is 6.69. The molecule has 0 spiro atoms. The Morgan fingerprint density at radius 2 is 1.72 bits per heavy atom. The standard InChI is InChI=1S/C19H20N2O3Si/c1-25(2,3)24-19(15-20,14-13-16-7-5-4-6-8-16)17-9-11-18(12-10-17)21(22)23/h4-14H,1-3H3/b14-13+. The molecular formula is C19H20N2O3Si. The van der Waals surface area contributed by atoms with Crippen LogP contribution in [0, 0.1) is 21.4 Å². The summed E-state index contributed by atoms with van der Waals surface area (Å²) in [7, 11) is -2.08. The fraction of sp³-hybridized carbons (Fsp3) is 0.211. The van der Waals surface area contributed by atoms with Crippen LogP contribution in [0.15, 0.2) is 60.7 Å². The second kappa shape index (κ2) is 7.43. The van der Waals surface area contributed by atoms with Gasteiger partial charge in [-0.15, -0.1) is 0 Å². The van der Waals surface area contributed by atoms with Gasteiger partial charge in [0.2, 0.25) is 0 Å². The van der Waals surface area contributed by atoms with E-state index in [1.54, 1.807) is 18.2 Å². The Bertz CT molecular complexity index is 805. The van der Waals surface area contributed by atoms with Crippen LogP contribution in [0.4, 0.5) is 5.69 Å². The first-order chi connectivity index (χ1) is 11.8. The Balaban J connectivity index is 2.49. The van der Waals surface area contributed by atoms with E-state index in [1.807, 2.05) is 56.0 Å². The number of hydrogen-bond donors (Lipinski definition) is 0. The summed E-state index contributed by atoms with van der Waals surface area (Å²) >= 11 is 0. The monoisotopic (exact) mass is 352 g/mol. The van der Waals surface area contributed by atoms with E-state index < -0.39 is 18.8 Å². The number of benzene rings is 2. The number of hydrogen-bond acceptors (Lipinski definition) is 4. The van der Waals surface area contributed by atoms with Gasteiger partial charge >= 0.3 is 0 Å². The van der Waals surface area contributed by atoms with Crippen LogP contribution in [0.25, 0.3) is 6.08 Å². The van der Waals surface area contributed by atoms with Crippen molar-refractivity contribution < 1.29 is 9.35 Å². The first-order valence-electron chi connectivity index (χ1n) is 7.86. The number of nitriles is 1. The molecule has 0 saturated heterocycles. The maximum atomic E-state index is 10.9. The van der Waals surface area contributed by atoms with Gasteiger partial charge in [-0.2, -0.15) is 5.26 Å². The predicted octanol–water partition coefficient (Wildman–Crippen LogP) is 4.88. The van der Waals surface area contributed by atoms with Crippen molar-refractivity contribution in [3.8, 4) is 6.07 Å². The van der Waals surface area contributed by atoms with E-state index >= 15 is 0 Å². The summed E-state index contributed by atoms with van der Waals surface area (Å²) in [5, 5.41) is 20.8. The molecule has 128 valence electrons. The Morgan fingerprint density at radius 1 is 1.12 bits per heavy atom. The lowest BCUT2D eigenvalue weighted by molar-refractivity contribution is -0.384. The smallest absolute Gasteiger partial charge is 0.269 e. The average Bonchev–Trinajstić information content (AvgIpc) is 2.58. The molecule has 0 aromatic heterocycles. The minimum absolute atomic E-state index is 0.0179. The Kier molecular flexibility index (Phi) is 5.52. The van der Waals surface area contributed by atoms with E-state index in [0.29, 0.717) is 5.56 Å². The lowest BCUT2D eigenvalue weighted by atomic mass is 9.94. The molecular weight excluding hydrogens is 332 g/mol. The Hall–Kier alpha value is -2.75. The van der Waals surface area contributed by atoms with Crippen molar-refractivity contribution in [3.05, 3.63) is 81.9 Å². The fourth-order valence-electron chi connectivity index (χ4n) is 2.41. The highest BCUT2D eigenvalue weighted by Gasteiger charge is 2.36. The zero-order chi connectivity index (χ0) is 18.5. The molecule has 0 aliphatic rings. The van der Waals surface area contributed by atoms with E-state index in [0.717, 1.165) is 5.56 Å². The van der Waals surface area contributed by atoms with Crippen molar-refractivity contribution in [1.29, 1.82) is 5.26 Å². The van der Waals surface area contributed by atoms with Gasteiger partial charge in [0.05, 0.1) is 4.92 Å². The summed E-state index contributed by atoms with van der Waals surface area (Å²) in [5.74, 6) is 0. The van der Waals surface area contributed by atoms with Crippen LogP contribution >= 0.6 is 0 Å². The summed E-state index contributed by atoms with van der Waals surface area (Å²) in [4.78, 5) is 10.4. The molecule has 0 aliphatic carbocycles. The van der Waals surface area contributed by atoms with Crippen LogP contribution in [0.2, 0.25) is 19.6 Å². The molecule has 0 aliphatic heterocycles. The lowest BCUT2D eigenvalue weighted by Gasteiger charge is -2.31. The van der Waals surface area contributed by atoms with E-state index in [9.17, 15) is 15.4 Å². The van der Waals surface area contributed by atoms with Gasteiger partial charge in [-0.25, -0.2) is 0 Å². The molecule has 0 amide bonds. The summed E-state index contributed by atoms with van der Waals surface area (Å²) < 4.78 is 6.20. The second-order valence-corrected chi connectivity index (χ2v) is 11.0. The third-order valence-corrected chi connectivity index (χ3v) is 4.38. The fourth-order valence-corrected chi connectivity index (χ4v) is 3.60. The minimum Gasteiger partial charge on any atom is -0.394 e. The van der Waals surface area contributed by atoms with E-state index in [1.165, 1.54) is 12.1 Å². The molecule has 0 heterocycles. The highest BCUT2D eigenvalue weighted by Crippen LogP contribution is 2.32. The van der Waals surface area contributed by atoms with E-state index in [-0.39, 0.29) is 5.69 Å². The van der Waals surface area contributed by atoms with Crippen molar-refractivity contribution in [1.82, 2.24) is 0 Å². The summed E-state index contributed by atoms with van der Waals surface area (Å²) in [6.45, 7) is 6.00. The average molecular weight is 352 g/mol. The molecule has 0 N–H and O–H groups in total. The molecule has 0 radical (unpaired) electrons. The van der Waals surface area contributed by atoms with Crippen molar-refractivity contribution >= 4 is 20.1 Å². The van der Waals surface area contributed by atoms with Crippen LogP contribution in [0.1, 0.15) is 11.1 Å². The van der Waals surface area contributed by atoms with Gasteiger partial charge in [0.25, 0.3) is 5.69 Å². The summed E-state index contributed by atoms with van der Waals surface area (Å²) in [6, 6.07) is 17.8. The molecule has 0 fully saturated rings. The van der Waals surface area contributed by atoms with Gasteiger partial charge in [-0.05, 0) is 43.4 Å². The second-order valence-electron chi connectivity index (χ2n) is 6.61. The lowest BCUT2D eigenvalue weighted by Crippen LogP contribution is -2.38. The van der Waals surface area contributed by atoms with Gasteiger partial charge in [0.15, 0.2) is 13.9 Å². The summed E-state index contributed by atoms with van der Waals surface area (Å²) in [6.07, 6.45) is 3.56. The van der Waals surface area contributed by atoms with Gasteiger partial charge in [-0.3, -0.25) is 10.1 Å². The van der Waals surface area contributed by atoms with Crippen LogP contribution in [0.5, 0.6) is 0 Å². The zero-order valence-electron chi connectivity index (χ0n) is 14.5. The molecule has 2 rings (SSSR count). The molecule has 0 bridgehead atoms. The molecule has 0 saturated carbocycles. The maximum Gasteiger partial charge on any atom is 0.269 e. The van der Waals surface area contributed by atoms with Gasteiger partial charge in [-0.1, -0.05) is 36.4 Å². The number of nitro benzene ring substituents is 1. The third-order valence-electron chi connectivity index (χ3n) is 3.45. The summed E-state index contributed by atoms with van der Waals surface area (Å²) in [5.41, 5.74) is 0.226. The molecule has 2 aromatic carbocycles. The van der Waals surface area contributed by atoms with Crippen LogP contribution < -0.4 is 0 Å². The van der Waals surface area contributed by atoms with Crippen molar-refractivity contribution in [2.24, 2.45) is 0 Å². The first kappa shape index (κ1) is 18.6. The topological polar surface area (TPSA) is 76.2 Å². The zero-order valence-corrected chi connectivity index (χ0v) is 15.5. The van der Waals surface area contributed by atoms with Gasteiger partial charge in [0, 0.05) is 17.7 Å². The number of non-ortho nitro benzene ring substituents is 1. The Morgan fingerprint density at radius 3 is 2.20 bits per heavy atom. The van der Waals surface area contributed by atoms with Crippen LogP contribution in [0.3, 0.4) is 0 Å². The van der Waals surface area contributed by atoms with Gasteiger partial charge < -0.3 is 4.43 Å². The number of rotatable bonds is 6. The normalized spacial score (nSPS) is 14.0. The number of nitro groups is 1. The molecule has 1 atom stereocenters. The van der Waals surface area contributed by atoms with Crippen LogP contribution in [-0.2, 0) is 10.0 Å². The minimum atomic E-state index is -2.08. The SMILES string of the molecule is C[Si](C)(C)OC(C#N)(/C=C/c1ccccc1)c1ccc([N+](=O)[O-])cc1. The van der Waals surface area contributed by atoms with Crippen molar-refractivity contribution in [3.63, 3.8) is 0 Å². The van der Waals surface area contributed by atoms with E-state index in [4.69, 9.17) is 4.43 Å². The van der Waals surface area contributed by atoms with Gasteiger partial charge in [0.1, 0.15) is 6.07 Å². The van der Waals surface area contributed by atoms with Crippen molar-refractivity contribution in [2.75, 3.05) is 0 Å².